The van der Waals surface area contributed by atoms with E-state index in [1.807, 2.05) is 24.3 Å². The van der Waals surface area contributed by atoms with Crippen molar-refractivity contribution in [3.63, 3.8) is 0 Å². The number of methoxy groups -OCH3 is 1. The van der Waals surface area contributed by atoms with Gasteiger partial charge < -0.3 is 10.1 Å². The van der Waals surface area contributed by atoms with Gasteiger partial charge in [-0.1, -0.05) is 18.2 Å². The molecule has 1 heterocycles. The van der Waals surface area contributed by atoms with Crippen molar-refractivity contribution in [2.75, 3.05) is 12.4 Å². The van der Waals surface area contributed by atoms with Gasteiger partial charge in [0, 0.05) is 17.3 Å². The quantitative estimate of drug-likeness (QED) is 0.797. The first-order valence-corrected chi connectivity index (χ1v) is 6.57. The molecule has 0 saturated carbocycles. The second kappa shape index (κ2) is 5.63. The van der Waals surface area contributed by atoms with Gasteiger partial charge in [-0.15, -0.1) is 0 Å². The van der Waals surface area contributed by atoms with Gasteiger partial charge in [0.1, 0.15) is 5.75 Å². The third kappa shape index (κ3) is 2.69. The fourth-order valence-corrected chi connectivity index (χ4v) is 2.16. The normalized spacial score (nSPS) is 10.3. The molecule has 0 radical (unpaired) electrons. The highest BCUT2D eigenvalue weighted by atomic mass is 16.5. The summed E-state index contributed by atoms with van der Waals surface area (Å²) in [7, 11) is 1.61. The van der Waals surface area contributed by atoms with Gasteiger partial charge in [0.05, 0.1) is 18.2 Å². The monoisotopic (exact) mass is 278 g/mol. The number of anilines is 1. The highest BCUT2D eigenvalue weighted by Gasteiger charge is 2.10. The number of amides is 1. The van der Waals surface area contributed by atoms with E-state index in [9.17, 15) is 4.79 Å². The number of ether oxygens (including phenoxy) is 1. The zero-order valence-electron chi connectivity index (χ0n) is 11.5. The summed E-state index contributed by atoms with van der Waals surface area (Å²) < 4.78 is 5.09. The maximum Gasteiger partial charge on any atom is 0.257 e. The SMILES string of the molecule is COc1ccc(NC(=O)c2cccc3cccnc23)cc1. The molecular formula is C17H14N2O2. The van der Waals surface area contributed by atoms with Crippen molar-refractivity contribution in [2.24, 2.45) is 0 Å². The summed E-state index contributed by atoms with van der Waals surface area (Å²) >= 11 is 0. The number of hydrogen-bond donors (Lipinski definition) is 1. The summed E-state index contributed by atoms with van der Waals surface area (Å²) in [5, 5.41) is 3.81. The number of nitrogens with zero attached hydrogens (tertiary/aromatic N) is 1. The molecule has 3 rings (SSSR count). The number of nitrogens with one attached hydrogen (secondary N) is 1. The molecule has 104 valence electrons. The summed E-state index contributed by atoms with van der Waals surface area (Å²) in [4.78, 5) is 16.7. The van der Waals surface area contributed by atoms with Crippen molar-refractivity contribution in [3.8, 4) is 5.75 Å². The van der Waals surface area contributed by atoms with Crippen LogP contribution in [0, 0.1) is 0 Å². The van der Waals surface area contributed by atoms with E-state index in [1.165, 1.54) is 0 Å². The first kappa shape index (κ1) is 13.1. The third-order valence-electron chi connectivity index (χ3n) is 3.23. The van der Waals surface area contributed by atoms with Crippen LogP contribution < -0.4 is 10.1 Å². The molecular weight excluding hydrogens is 264 g/mol. The zero-order valence-corrected chi connectivity index (χ0v) is 11.5. The average Bonchev–Trinajstić information content (AvgIpc) is 2.55. The minimum atomic E-state index is -0.176. The Bertz CT molecular complexity index is 777. The number of para-hydroxylation sites is 1. The predicted molar refractivity (Wildman–Crippen MR) is 82.7 cm³/mol. The molecule has 0 atom stereocenters. The van der Waals surface area contributed by atoms with Crippen LogP contribution in [-0.4, -0.2) is 18.0 Å². The molecule has 4 nitrogen and oxygen atoms in total. The second-order valence-corrected chi connectivity index (χ2v) is 4.56. The van der Waals surface area contributed by atoms with Gasteiger partial charge in [-0.05, 0) is 36.4 Å². The van der Waals surface area contributed by atoms with Gasteiger partial charge in [-0.3, -0.25) is 9.78 Å². The summed E-state index contributed by atoms with van der Waals surface area (Å²) in [6, 6.07) is 16.6. The van der Waals surface area contributed by atoms with Crippen molar-refractivity contribution in [1.82, 2.24) is 4.98 Å². The molecule has 0 aliphatic heterocycles. The van der Waals surface area contributed by atoms with Crippen molar-refractivity contribution >= 4 is 22.5 Å². The molecule has 0 bridgehead atoms. The van der Waals surface area contributed by atoms with Crippen LogP contribution in [0.5, 0.6) is 5.75 Å². The molecule has 0 unspecified atom stereocenters. The van der Waals surface area contributed by atoms with Crippen LogP contribution in [0.15, 0.2) is 60.8 Å². The van der Waals surface area contributed by atoms with E-state index in [0.29, 0.717) is 16.8 Å². The lowest BCUT2D eigenvalue weighted by molar-refractivity contribution is 0.102. The van der Waals surface area contributed by atoms with Crippen LogP contribution in [-0.2, 0) is 0 Å². The number of fused-ring (bicyclic) bond motifs is 1. The number of hydrogen-bond acceptors (Lipinski definition) is 3. The first-order valence-electron chi connectivity index (χ1n) is 6.57. The van der Waals surface area contributed by atoms with E-state index in [2.05, 4.69) is 10.3 Å². The fraction of sp³-hybridized carbons (Fsp3) is 0.0588. The van der Waals surface area contributed by atoms with Crippen molar-refractivity contribution in [1.29, 1.82) is 0 Å². The van der Waals surface area contributed by atoms with Gasteiger partial charge in [0.25, 0.3) is 5.91 Å². The molecule has 2 aromatic carbocycles. The minimum absolute atomic E-state index is 0.176. The van der Waals surface area contributed by atoms with E-state index in [-0.39, 0.29) is 5.91 Å². The molecule has 1 amide bonds. The van der Waals surface area contributed by atoms with E-state index in [1.54, 1.807) is 43.6 Å². The van der Waals surface area contributed by atoms with Crippen molar-refractivity contribution < 1.29 is 9.53 Å². The molecule has 1 aromatic heterocycles. The Morgan fingerprint density at radius 1 is 1.05 bits per heavy atom. The summed E-state index contributed by atoms with van der Waals surface area (Å²) in [5.41, 5.74) is 1.98. The fourth-order valence-electron chi connectivity index (χ4n) is 2.16. The highest BCUT2D eigenvalue weighted by molar-refractivity contribution is 6.11. The van der Waals surface area contributed by atoms with Crippen LogP contribution in [0.2, 0.25) is 0 Å². The van der Waals surface area contributed by atoms with Gasteiger partial charge in [-0.2, -0.15) is 0 Å². The number of rotatable bonds is 3. The lowest BCUT2D eigenvalue weighted by atomic mass is 10.1. The number of aromatic nitrogens is 1. The topological polar surface area (TPSA) is 51.2 Å². The van der Waals surface area contributed by atoms with Gasteiger partial charge in [0.15, 0.2) is 0 Å². The Balaban J connectivity index is 1.90. The standard InChI is InChI=1S/C17H14N2O2/c1-21-14-9-7-13(8-10-14)19-17(20)15-6-2-4-12-5-3-11-18-16(12)15/h2-11H,1H3,(H,19,20). The predicted octanol–water partition coefficient (Wildman–Crippen LogP) is 3.50. The largest absolute Gasteiger partial charge is 0.497 e. The molecule has 0 fully saturated rings. The minimum Gasteiger partial charge on any atom is -0.497 e. The molecule has 0 saturated heterocycles. The molecule has 0 aliphatic rings. The first-order chi connectivity index (χ1) is 10.3. The second-order valence-electron chi connectivity index (χ2n) is 4.56. The van der Waals surface area contributed by atoms with Crippen LogP contribution in [0.25, 0.3) is 10.9 Å². The molecule has 21 heavy (non-hydrogen) atoms. The Hall–Kier alpha value is -2.88. The molecule has 0 spiro atoms. The molecule has 3 aromatic rings. The van der Waals surface area contributed by atoms with Gasteiger partial charge in [-0.25, -0.2) is 0 Å². The Kier molecular flexibility index (Phi) is 3.51. The number of carbonyl (C=O) groups excluding carboxylic acids is 1. The molecule has 1 N–H and O–H groups in total. The maximum atomic E-state index is 12.4. The molecule has 4 heteroatoms. The van der Waals surface area contributed by atoms with Crippen molar-refractivity contribution in [2.45, 2.75) is 0 Å². The molecule has 0 aliphatic carbocycles. The van der Waals surface area contributed by atoms with Crippen LogP contribution in [0.3, 0.4) is 0 Å². The summed E-state index contributed by atoms with van der Waals surface area (Å²) in [6.07, 6.45) is 1.69. The smallest absolute Gasteiger partial charge is 0.257 e. The van der Waals surface area contributed by atoms with Crippen LogP contribution in [0.1, 0.15) is 10.4 Å². The van der Waals surface area contributed by atoms with E-state index in [4.69, 9.17) is 4.74 Å². The van der Waals surface area contributed by atoms with Gasteiger partial charge in [0.2, 0.25) is 0 Å². The summed E-state index contributed by atoms with van der Waals surface area (Å²) in [6.45, 7) is 0. The van der Waals surface area contributed by atoms with E-state index >= 15 is 0 Å². The highest BCUT2D eigenvalue weighted by Crippen LogP contribution is 2.19. The van der Waals surface area contributed by atoms with Gasteiger partial charge >= 0.3 is 0 Å². The average molecular weight is 278 g/mol. The van der Waals surface area contributed by atoms with E-state index < -0.39 is 0 Å². The number of pyridine rings is 1. The Morgan fingerprint density at radius 3 is 2.57 bits per heavy atom. The number of carbonyl (C=O) groups is 1. The lowest BCUT2D eigenvalue weighted by Gasteiger charge is -2.08. The van der Waals surface area contributed by atoms with Crippen molar-refractivity contribution in [3.05, 3.63) is 66.4 Å². The Morgan fingerprint density at radius 2 is 1.81 bits per heavy atom. The van der Waals surface area contributed by atoms with E-state index in [0.717, 1.165) is 11.1 Å². The Labute approximate surface area is 122 Å². The lowest BCUT2D eigenvalue weighted by Crippen LogP contribution is -2.12. The number of benzene rings is 2. The summed E-state index contributed by atoms with van der Waals surface area (Å²) in [5.74, 6) is 0.573. The van der Waals surface area contributed by atoms with Crippen LogP contribution in [0.4, 0.5) is 5.69 Å². The third-order valence-corrected chi connectivity index (χ3v) is 3.23. The maximum absolute atomic E-state index is 12.4. The zero-order chi connectivity index (χ0) is 14.7. The van der Waals surface area contributed by atoms with Crippen LogP contribution >= 0.6 is 0 Å².